The number of hydrogen-bond acceptors (Lipinski definition) is 8. The number of aromatic amines is 2. The van der Waals surface area contributed by atoms with Gasteiger partial charge in [0.15, 0.2) is 0 Å². The number of imidazole rings is 2. The van der Waals surface area contributed by atoms with Gasteiger partial charge in [-0.25, -0.2) is 19.6 Å². The van der Waals surface area contributed by atoms with Gasteiger partial charge in [0.2, 0.25) is 12.0 Å². The van der Waals surface area contributed by atoms with E-state index >= 15 is 0 Å². The summed E-state index contributed by atoms with van der Waals surface area (Å²) in [4.78, 5) is 70.4. The first-order chi connectivity index (χ1) is 28.1. The Labute approximate surface area is 335 Å². The fraction of sp³-hybridized carbons (Fsp3) is 0.227. The number of likely N-dealkylation sites (N-methyl/N-ethyl adjacent to an activating group) is 1. The SMILES string of the molecule is COC(=O)NC(C(=O)N(C)C(C)c1ncc(-c2ccc(-c3ccc(-c4cnc([C@@H]5CCCN5C(=O)[C@H](OC(N)=O)c5ccccc5)[nH]4)cc3)cc2)[nH]1)c1ccccc1. The minimum absolute atomic E-state index is 0.304. The van der Waals surface area contributed by atoms with Crippen LogP contribution >= 0.6 is 0 Å². The van der Waals surface area contributed by atoms with Crippen LogP contribution in [0.3, 0.4) is 0 Å². The number of aromatic nitrogens is 4. The summed E-state index contributed by atoms with van der Waals surface area (Å²) in [6, 6.07) is 32.4. The molecule has 5 N–H and O–H groups in total. The molecule has 3 heterocycles. The maximum atomic E-state index is 13.7. The predicted octanol–water partition coefficient (Wildman–Crippen LogP) is 7.25. The number of ether oxygens (including phenoxy) is 2. The lowest BCUT2D eigenvalue weighted by atomic mass is 10.0. The molecule has 58 heavy (non-hydrogen) atoms. The molecule has 296 valence electrons. The fourth-order valence-corrected chi connectivity index (χ4v) is 7.19. The highest BCUT2D eigenvalue weighted by Gasteiger charge is 2.38. The van der Waals surface area contributed by atoms with Crippen molar-refractivity contribution in [1.29, 1.82) is 0 Å². The van der Waals surface area contributed by atoms with Crippen LogP contribution in [0.2, 0.25) is 0 Å². The fourth-order valence-electron chi connectivity index (χ4n) is 7.19. The Hall–Kier alpha value is -7.22. The first-order valence-corrected chi connectivity index (χ1v) is 18.9. The molecule has 0 bridgehead atoms. The van der Waals surface area contributed by atoms with Crippen molar-refractivity contribution in [3.05, 3.63) is 144 Å². The summed E-state index contributed by atoms with van der Waals surface area (Å²) in [5.41, 5.74) is 12.1. The summed E-state index contributed by atoms with van der Waals surface area (Å²) in [5.74, 6) is 0.598. The summed E-state index contributed by atoms with van der Waals surface area (Å²) in [7, 11) is 2.93. The molecule has 2 aromatic heterocycles. The van der Waals surface area contributed by atoms with Crippen LogP contribution in [0.5, 0.6) is 0 Å². The number of hydrogen-bond donors (Lipinski definition) is 4. The van der Waals surface area contributed by atoms with Gasteiger partial charge in [0, 0.05) is 19.2 Å². The number of likely N-dealkylation sites (tertiary alicyclic amines) is 1. The lowest BCUT2D eigenvalue weighted by Crippen LogP contribution is -2.42. The number of nitrogens with one attached hydrogen (secondary N) is 3. The van der Waals surface area contributed by atoms with Crippen LogP contribution in [0.15, 0.2) is 122 Å². The Kier molecular flexibility index (Phi) is 11.6. The summed E-state index contributed by atoms with van der Waals surface area (Å²) in [5, 5.41) is 2.65. The Bertz CT molecular complexity index is 2360. The van der Waals surface area contributed by atoms with E-state index in [1.165, 1.54) is 7.11 Å². The van der Waals surface area contributed by atoms with Gasteiger partial charge in [-0.1, -0.05) is 109 Å². The molecule has 4 amide bonds. The quantitative estimate of drug-likeness (QED) is 0.0999. The van der Waals surface area contributed by atoms with Gasteiger partial charge in [-0.2, -0.15) is 0 Å². The Morgan fingerprint density at radius 3 is 1.93 bits per heavy atom. The van der Waals surface area contributed by atoms with Gasteiger partial charge >= 0.3 is 12.2 Å². The second-order valence-electron chi connectivity index (χ2n) is 14.0. The first-order valence-electron chi connectivity index (χ1n) is 18.9. The van der Waals surface area contributed by atoms with E-state index in [-0.39, 0.29) is 17.9 Å². The van der Waals surface area contributed by atoms with Gasteiger partial charge in [-0.3, -0.25) is 9.59 Å². The summed E-state index contributed by atoms with van der Waals surface area (Å²) in [6.45, 7) is 2.37. The molecule has 0 aliphatic carbocycles. The number of benzene rings is 4. The van der Waals surface area contributed by atoms with E-state index in [0.717, 1.165) is 40.1 Å². The van der Waals surface area contributed by atoms with Crippen molar-refractivity contribution in [3.8, 4) is 33.6 Å². The Morgan fingerprint density at radius 1 is 0.793 bits per heavy atom. The third-order valence-corrected chi connectivity index (χ3v) is 10.5. The standard InChI is InChI=1S/C44H44N8O6/c1-27(51(2)41(53)37(50-44(56)57-3)32-11-6-4-7-12-32)39-46-25-34(48-39)30-20-16-28(17-21-30)29-18-22-31(23-19-29)35-26-47-40(49-35)36-15-10-24-52(36)42(54)38(58-43(45)55)33-13-8-5-9-14-33/h4-9,11-14,16-23,25-27,36-38H,10,15,24H2,1-3H3,(H2,45,55)(H,46,48)(H,47,49)(H,50,56)/t27?,36-,37?,38+/m0/s1. The number of rotatable bonds is 12. The molecule has 1 saturated heterocycles. The molecule has 14 nitrogen and oxygen atoms in total. The van der Waals surface area contributed by atoms with Crippen molar-refractivity contribution in [2.75, 3.05) is 20.7 Å². The van der Waals surface area contributed by atoms with E-state index in [4.69, 9.17) is 15.2 Å². The lowest BCUT2D eigenvalue weighted by Gasteiger charge is -2.28. The zero-order chi connectivity index (χ0) is 40.8. The average molecular weight is 781 g/mol. The number of nitrogens with zero attached hydrogens (tertiary/aromatic N) is 4. The van der Waals surface area contributed by atoms with Crippen molar-refractivity contribution < 1.29 is 28.7 Å². The smallest absolute Gasteiger partial charge is 0.407 e. The molecule has 6 aromatic rings. The van der Waals surface area contributed by atoms with Crippen molar-refractivity contribution >= 4 is 24.0 Å². The highest BCUT2D eigenvalue weighted by Crippen LogP contribution is 2.35. The van der Waals surface area contributed by atoms with E-state index in [0.29, 0.717) is 35.7 Å². The maximum Gasteiger partial charge on any atom is 0.407 e. The predicted molar refractivity (Wildman–Crippen MR) is 216 cm³/mol. The van der Waals surface area contributed by atoms with Gasteiger partial charge in [0.05, 0.1) is 43.0 Å². The minimum Gasteiger partial charge on any atom is -0.453 e. The molecule has 1 fully saturated rings. The van der Waals surface area contributed by atoms with Gasteiger partial charge in [0.25, 0.3) is 5.91 Å². The van der Waals surface area contributed by atoms with Gasteiger partial charge < -0.3 is 40.3 Å². The van der Waals surface area contributed by atoms with Crippen LogP contribution in [0.25, 0.3) is 33.6 Å². The van der Waals surface area contributed by atoms with Crippen molar-refractivity contribution in [1.82, 2.24) is 35.1 Å². The van der Waals surface area contributed by atoms with Crippen molar-refractivity contribution in [2.45, 2.75) is 44.0 Å². The molecule has 4 atom stereocenters. The van der Waals surface area contributed by atoms with Crippen molar-refractivity contribution in [3.63, 3.8) is 0 Å². The topological polar surface area (TPSA) is 189 Å². The van der Waals surface area contributed by atoms with Crippen molar-refractivity contribution in [2.24, 2.45) is 5.73 Å². The second kappa shape index (κ2) is 17.3. The third kappa shape index (κ3) is 8.45. The largest absolute Gasteiger partial charge is 0.453 e. The number of nitrogens with two attached hydrogens (primary N) is 1. The van der Waals surface area contributed by atoms with Crippen LogP contribution in [0, 0.1) is 0 Å². The normalized spacial score (nSPS) is 15.2. The van der Waals surface area contributed by atoms with E-state index in [2.05, 4.69) is 25.3 Å². The van der Waals surface area contributed by atoms with E-state index < -0.39 is 30.4 Å². The van der Waals surface area contributed by atoms with Crippen LogP contribution in [-0.2, 0) is 19.1 Å². The zero-order valence-electron chi connectivity index (χ0n) is 32.3. The zero-order valence-corrected chi connectivity index (χ0v) is 32.3. The molecule has 7 rings (SSSR count). The maximum absolute atomic E-state index is 13.7. The summed E-state index contributed by atoms with van der Waals surface area (Å²) >= 11 is 0. The number of methoxy groups -OCH3 is 1. The Balaban J connectivity index is 1.00. The number of carbonyl (C=O) groups is 4. The third-order valence-electron chi connectivity index (χ3n) is 10.5. The number of amides is 4. The van der Waals surface area contributed by atoms with Crippen LogP contribution in [-0.4, -0.2) is 74.4 Å². The summed E-state index contributed by atoms with van der Waals surface area (Å²) < 4.78 is 10.1. The molecule has 0 saturated carbocycles. The summed E-state index contributed by atoms with van der Waals surface area (Å²) in [6.07, 6.45) is 2.15. The molecule has 0 radical (unpaired) electrons. The number of alkyl carbamates (subject to hydrolysis) is 1. The van der Waals surface area contributed by atoms with Gasteiger partial charge in [-0.05, 0) is 47.6 Å². The van der Waals surface area contributed by atoms with Crippen LogP contribution in [0.1, 0.15) is 66.8 Å². The molecular weight excluding hydrogens is 737 g/mol. The highest BCUT2D eigenvalue weighted by molar-refractivity contribution is 5.87. The minimum atomic E-state index is -1.14. The second-order valence-corrected chi connectivity index (χ2v) is 14.0. The Morgan fingerprint density at radius 2 is 1.34 bits per heavy atom. The van der Waals surface area contributed by atoms with Gasteiger partial charge in [-0.15, -0.1) is 0 Å². The molecule has 2 unspecified atom stereocenters. The van der Waals surface area contributed by atoms with Gasteiger partial charge in [0.1, 0.15) is 17.7 Å². The van der Waals surface area contributed by atoms with E-state index in [1.807, 2.05) is 67.6 Å². The number of primary amides is 1. The van der Waals surface area contributed by atoms with E-state index in [9.17, 15) is 19.2 Å². The van der Waals surface area contributed by atoms with Crippen LogP contribution in [0.4, 0.5) is 9.59 Å². The average Bonchev–Trinajstić information content (AvgIpc) is 4.07. The number of carbonyl (C=O) groups excluding carboxylic acids is 4. The molecule has 14 heteroatoms. The molecule has 1 aliphatic rings. The van der Waals surface area contributed by atoms with E-state index in [1.54, 1.807) is 77.8 Å². The monoisotopic (exact) mass is 780 g/mol. The highest BCUT2D eigenvalue weighted by atomic mass is 16.6. The molecular formula is C44H44N8O6. The number of H-pyrrole nitrogens is 2. The molecule has 0 spiro atoms. The first kappa shape index (κ1) is 39.0. The molecule has 1 aliphatic heterocycles. The molecule has 4 aromatic carbocycles. The lowest BCUT2D eigenvalue weighted by molar-refractivity contribution is -0.141. The van der Waals surface area contributed by atoms with Crippen LogP contribution < -0.4 is 11.1 Å².